The Bertz CT molecular complexity index is 915. The van der Waals surface area contributed by atoms with Crippen molar-refractivity contribution in [3.8, 4) is 5.75 Å². The Morgan fingerprint density at radius 1 is 1.04 bits per heavy atom. The third-order valence-electron chi connectivity index (χ3n) is 3.42. The van der Waals surface area contributed by atoms with E-state index in [-0.39, 0.29) is 22.5 Å². The van der Waals surface area contributed by atoms with Gasteiger partial charge < -0.3 is 10.1 Å². The van der Waals surface area contributed by atoms with Crippen LogP contribution in [0.3, 0.4) is 0 Å². The molecule has 0 saturated carbocycles. The molecule has 6 nitrogen and oxygen atoms in total. The number of nitrogens with one attached hydrogen (secondary N) is 2. The molecule has 9 heteroatoms. The van der Waals surface area contributed by atoms with Gasteiger partial charge in [-0.05, 0) is 57.2 Å². The fourth-order valence-electron chi connectivity index (χ4n) is 2.13. The molecule has 0 aliphatic heterocycles. The maximum absolute atomic E-state index is 13.6. The van der Waals surface area contributed by atoms with E-state index in [1.54, 1.807) is 6.92 Å². The number of carbonyl (C=O) groups excluding carboxylic acids is 1. The second-order valence-electron chi connectivity index (χ2n) is 6.12. The number of hydrogen-bond acceptors (Lipinski definition) is 4. The molecule has 0 fully saturated rings. The van der Waals surface area contributed by atoms with Gasteiger partial charge in [-0.15, -0.1) is 0 Å². The molecule has 0 saturated heterocycles. The van der Waals surface area contributed by atoms with Crippen LogP contribution in [-0.4, -0.2) is 26.5 Å². The van der Waals surface area contributed by atoms with E-state index < -0.39 is 27.8 Å². The molecule has 2 N–H and O–H groups in total. The Balaban J connectivity index is 2.10. The zero-order valence-electron chi connectivity index (χ0n) is 15.0. The lowest BCUT2D eigenvalue weighted by atomic mass is 10.3. The van der Waals surface area contributed by atoms with Gasteiger partial charge in [0.15, 0.2) is 6.10 Å². The summed E-state index contributed by atoms with van der Waals surface area (Å²) in [4.78, 5) is 11.7. The largest absolute Gasteiger partial charge is 0.481 e. The monoisotopic (exact) mass is 398 g/mol. The molecule has 0 aliphatic carbocycles. The number of sulfonamides is 1. The lowest BCUT2D eigenvalue weighted by Crippen LogP contribution is -2.40. The van der Waals surface area contributed by atoms with Gasteiger partial charge in [-0.25, -0.2) is 17.2 Å². The summed E-state index contributed by atoms with van der Waals surface area (Å²) in [5.41, 5.74) is -0.365. The summed E-state index contributed by atoms with van der Waals surface area (Å²) in [6.45, 7) is 5.21. The Hall–Kier alpha value is -2.68. The van der Waals surface area contributed by atoms with Gasteiger partial charge >= 0.3 is 0 Å². The fraction of sp³-hybridized carbons (Fsp3) is 0.278. The van der Waals surface area contributed by atoms with Gasteiger partial charge in [0.2, 0.25) is 0 Å². The van der Waals surface area contributed by atoms with E-state index in [1.165, 1.54) is 24.3 Å². The van der Waals surface area contributed by atoms with Crippen molar-refractivity contribution in [3.05, 3.63) is 54.1 Å². The molecule has 1 amide bonds. The summed E-state index contributed by atoms with van der Waals surface area (Å²) in [7, 11) is -4.07. The standard InChI is InChI=1S/C18H20F2N2O4S/c1-11(2)21-18(23)12(3)26-14-5-7-15(8-6-14)27(24,25)22-17-9-4-13(19)10-16(17)20/h4-12,22H,1-3H3,(H,21,23)/t12-/m0/s1. The van der Waals surface area contributed by atoms with Crippen molar-refractivity contribution in [2.45, 2.75) is 37.8 Å². The van der Waals surface area contributed by atoms with Gasteiger partial charge in [-0.1, -0.05) is 0 Å². The quantitative estimate of drug-likeness (QED) is 0.751. The van der Waals surface area contributed by atoms with Gasteiger partial charge in [0.1, 0.15) is 17.4 Å². The van der Waals surface area contributed by atoms with Crippen LogP contribution in [-0.2, 0) is 14.8 Å². The third-order valence-corrected chi connectivity index (χ3v) is 4.80. The first kappa shape index (κ1) is 20.6. The normalized spacial score (nSPS) is 12.5. The van der Waals surface area contributed by atoms with Crippen molar-refractivity contribution in [1.82, 2.24) is 5.32 Å². The molecule has 0 aromatic heterocycles. The lowest BCUT2D eigenvalue weighted by Gasteiger charge is -2.16. The predicted molar refractivity (Wildman–Crippen MR) is 97.0 cm³/mol. The van der Waals surface area contributed by atoms with Crippen LogP contribution in [0.25, 0.3) is 0 Å². The number of rotatable bonds is 7. The molecule has 0 radical (unpaired) electrons. The number of amides is 1. The second kappa shape index (κ2) is 8.34. The summed E-state index contributed by atoms with van der Waals surface area (Å²) in [5.74, 6) is -1.83. The second-order valence-corrected chi connectivity index (χ2v) is 7.81. The fourth-order valence-corrected chi connectivity index (χ4v) is 3.20. The van der Waals surface area contributed by atoms with Crippen molar-refractivity contribution < 1.29 is 26.7 Å². The molecule has 2 rings (SSSR count). The first-order chi connectivity index (χ1) is 12.6. The molecule has 1 atom stereocenters. The van der Waals surface area contributed by atoms with E-state index in [0.717, 1.165) is 12.1 Å². The minimum atomic E-state index is -4.07. The van der Waals surface area contributed by atoms with Crippen LogP contribution in [0.1, 0.15) is 20.8 Å². The van der Waals surface area contributed by atoms with Gasteiger partial charge in [-0.3, -0.25) is 9.52 Å². The number of benzene rings is 2. The van der Waals surface area contributed by atoms with Crippen LogP contribution >= 0.6 is 0 Å². The molecule has 0 heterocycles. The highest BCUT2D eigenvalue weighted by atomic mass is 32.2. The van der Waals surface area contributed by atoms with E-state index in [1.807, 2.05) is 13.8 Å². The molecule has 146 valence electrons. The molecular formula is C18H20F2N2O4S. The van der Waals surface area contributed by atoms with Gasteiger partial charge in [0, 0.05) is 12.1 Å². The number of anilines is 1. The molecule has 2 aromatic rings. The minimum absolute atomic E-state index is 0.0333. The van der Waals surface area contributed by atoms with Crippen molar-refractivity contribution >= 4 is 21.6 Å². The highest BCUT2D eigenvalue weighted by molar-refractivity contribution is 7.92. The SMILES string of the molecule is CC(C)NC(=O)[C@H](C)Oc1ccc(S(=O)(=O)Nc2ccc(F)cc2F)cc1. The van der Waals surface area contributed by atoms with E-state index >= 15 is 0 Å². The molecule has 2 aromatic carbocycles. The van der Waals surface area contributed by atoms with Crippen LogP contribution in [0.5, 0.6) is 5.75 Å². The smallest absolute Gasteiger partial charge is 0.261 e. The van der Waals surface area contributed by atoms with E-state index in [9.17, 15) is 22.0 Å². The average molecular weight is 398 g/mol. The summed E-state index contributed by atoms with van der Waals surface area (Å²) in [6.07, 6.45) is -0.763. The van der Waals surface area contributed by atoms with Crippen molar-refractivity contribution in [1.29, 1.82) is 0 Å². The maximum Gasteiger partial charge on any atom is 0.261 e. The molecule has 0 bridgehead atoms. The summed E-state index contributed by atoms with van der Waals surface area (Å²) < 4.78 is 58.7. The van der Waals surface area contributed by atoms with Crippen LogP contribution in [0, 0.1) is 11.6 Å². The first-order valence-electron chi connectivity index (χ1n) is 8.13. The zero-order chi connectivity index (χ0) is 20.2. The summed E-state index contributed by atoms with van der Waals surface area (Å²) in [6, 6.07) is 7.77. The van der Waals surface area contributed by atoms with Crippen molar-refractivity contribution in [2.75, 3.05) is 4.72 Å². The van der Waals surface area contributed by atoms with Crippen LogP contribution in [0.15, 0.2) is 47.4 Å². The van der Waals surface area contributed by atoms with Gasteiger partial charge in [0.05, 0.1) is 10.6 Å². The summed E-state index contributed by atoms with van der Waals surface area (Å²) >= 11 is 0. The van der Waals surface area contributed by atoms with Crippen LogP contribution in [0.2, 0.25) is 0 Å². The number of hydrogen-bond donors (Lipinski definition) is 2. The van der Waals surface area contributed by atoms with Crippen LogP contribution < -0.4 is 14.8 Å². The first-order valence-corrected chi connectivity index (χ1v) is 9.62. The third kappa shape index (κ3) is 5.65. The topological polar surface area (TPSA) is 84.5 Å². The highest BCUT2D eigenvalue weighted by Gasteiger charge is 2.18. The Morgan fingerprint density at radius 2 is 1.67 bits per heavy atom. The van der Waals surface area contributed by atoms with E-state index in [2.05, 4.69) is 10.0 Å². The van der Waals surface area contributed by atoms with E-state index in [0.29, 0.717) is 11.8 Å². The lowest BCUT2D eigenvalue weighted by molar-refractivity contribution is -0.127. The van der Waals surface area contributed by atoms with Crippen molar-refractivity contribution in [2.24, 2.45) is 0 Å². The highest BCUT2D eigenvalue weighted by Crippen LogP contribution is 2.22. The van der Waals surface area contributed by atoms with E-state index in [4.69, 9.17) is 4.74 Å². The minimum Gasteiger partial charge on any atom is -0.481 e. The zero-order valence-corrected chi connectivity index (χ0v) is 15.8. The molecule has 0 spiro atoms. The molecular weight excluding hydrogens is 378 g/mol. The Morgan fingerprint density at radius 3 is 2.22 bits per heavy atom. The van der Waals surface area contributed by atoms with Gasteiger partial charge in [0.25, 0.3) is 15.9 Å². The predicted octanol–water partition coefficient (Wildman–Crippen LogP) is 3.06. The molecule has 0 unspecified atom stereocenters. The van der Waals surface area contributed by atoms with Crippen LogP contribution in [0.4, 0.5) is 14.5 Å². The number of ether oxygens (including phenoxy) is 1. The number of halogens is 2. The molecule has 0 aliphatic rings. The molecule has 27 heavy (non-hydrogen) atoms. The van der Waals surface area contributed by atoms with Crippen molar-refractivity contribution in [3.63, 3.8) is 0 Å². The summed E-state index contributed by atoms with van der Waals surface area (Å²) in [5, 5.41) is 2.70. The van der Waals surface area contributed by atoms with Gasteiger partial charge in [-0.2, -0.15) is 0 Å². The Labute approximate surface area is 156 Å². The average Bonchev–Trinajstić information content (AvgIpc) is 2.57. The number of carbonyl (C=O) groups is 1. The maximum atomic E-state index is 13.6. The Kier molecular flexibility index (Phi) is 6.37.